The van der Waals surface area contributed by atoms with Crippen molar-refractivity contribution in [1.82, 2.24) is 10.2 Å². The molecule has 0 saturated carbocycles. The zero-order valence-electron chi connectivity index (χ0n) is 17.6. The number of phenols is 1. The second-order valence-electron chi connectivity index (χ2n) is 7.58. The number of nitrogens with one attached hydrogen (secondary N) is 1. The molecule has 2 N–H and O–H groups in total. The van der Waals surface area contributed by atoms with Gasteiger partial charge in [-0.05, 0) is 75.2 Å². The molecule has 2 unspecified atom stereocenters. The number of amides is 2. The Kier molecular flexibility index (Phi) is 7.63. The predicted octanol–water partition coefficient (Wildman–Crippen LogP) is 3.39. The van der Waals surface area contributed by atoms with Crippen molar-refractivity contribution >= 4 is 23.4 Å². The number of hydrogen-bond donors (Lipinski definition) is 2. The molecule has 2 atom stereocenters. The van der Waals surface area contributed by atoms with Gasteiger partial charge in [-0.15, -0.1) is 0 Å². The Morgan fingerprint density at radius 2 is 1.48 bits per heavy atom. The van der Waals surface area contributed by atoms with E-state index in [1.807, 2.05) is 0 Å². The predicted molar refractivity (Wildman–Crippen MR) is 117 cm³/mol. The summed E-state index contributed by atoms with van der Waals surface area (Å²) in [7, 11) is 0. The molecule has 8 heteroatoms. The smallest absolute Gasteiger partial charge is 0.263 e. The summed E-state index contributed by atoms with van der Waals surface area (Å²) in [4.78, 5) is 26.9. The number of piperidine rings is 1. The van der Waals surface area contributed by atoms with E-state index in [0.717, 1.165) is 0 Å². The fraction of sp³-hybridized carbons (Fsp3) is 0.391. The largest absolute Gasteiger partial charge is 0.508 e. The first kappa shape index (κ1) is 22.7. The number of phenolic OH excluding ortho intramolecular Hbond substituents is 1. The summed E-state index contributed by atoms with van der Waals surface area (Å²) in [6.07, 6.45) is 0.0526. The van der Waals surface area contributed by atoms with Crippen molar-refractivity contribution < 1.29 is 24.2 Å². The molecule has 2 aromatic rings. The maximum atomic E-state index is 12.7. The molecule has 7 nitrogen and oxygen atoms in total. The second kappa shape index (κ2) is 10.4. The average molecular weight is 447 g/mol. The van der Waals surface area contributed by atoms with Crippen LogP contribution in [0, 0.1) is 0 Å². The second-order valence-corrected chi connectivity index (χ2v) is 8.01. The molecular weight excluding hydrogens is 420 g/mol. The topological polar surface area (TPSA) is 88.1 Å². The fourth-order valence-electron chi connectivity index (χ4n) is 3.37. The fourth-order valence-corrected chi connectivity index (χ4v) is 3.50. The Hall–Kier alpha value is -2.93. The van der Waals surface area contributed by atoms with Crippen molar-refractivity contribution in [2.45, 2.75) is 44.9 Å². The number of halogens is 1. The molecule has 0 radical (unpaired) electrons. The van der Waals surface area contributed by atoms with E-state index >= 15 is 0 Å². The molecule has 2 aromatic carbocycles. The van der Waals surface area contributed by atoms with E-state index in [-0.39, 0.29) is 23.6 Å². The van der Waals surface area contributed by atoms with Crippen LogP contribution in [-0.2, 0) is 9.59 Å². The van der Waals surface area contributed by atoms with Crippen LogP contribution in [0.2, 0.25) is 5.02 Å². The number of aromatic hydroxyl groups is 1. The van der Waals surface area contributed by atoms with Gasteiger partial charge in [-0.3, -0.25) is 9.59 Å². The van der Waals surface area contributed by atoms with E-state index in [1.165, 1.54) is 12.1 Å². The third kappa shape index (κ3) is 6.52. The van der Waals surface area contributed by atoms with E-state index in [9.17, 15) is 14.7 Å². The van der Waals surface area contributed by atoms with Crippen LogP contribution < -0.4 is 14.8 Å². The average Bonchev–Trinajstić information content (AvgIpc) is 2.77. The maximum absolute atomic E-state index is 12.7. The number of benzene rings is 2. The van der Waals surface area contributed by atoms with Crippen molar-refractivity contribution in [3.8, 4) is 17.2 Å². The Morgan fingerprint density at radius 3 is 2.06 bits per heavy atom. The van der Waals surface area contributed by atoms with Gasteiger partial charge in [0, 0.05) is 24.2 Å². The maximum Gasteiger partial charge on any atom is 0.263 e. The first-order valence-corrected chi connectivity index (χ1v) is 10.7. The first-order chi connectivity index (χ1) is 14.8. The van der Waals surface area contributed by atoms with Crippen LogP contribution >= 0.6 is 11.6 Å². The highest BCUT2D eigenvalue weighted by molar-refractivity contribution is 6.30. The van der Waals surface area contributed by atoms with Crippen LogP contribution in [-0.4, -0.2) is 53.2 Å². The molecule has 0 bridgehead atoms. The quantitative estimate of drug-likeness (QED) is 0.680. The van der Waals surface area contributed by atoms with Crippen molar-refractivity contribution in [3.63, 3.8) is 0 Å². The number of likely N-dealkylation sites (tertiary alicyclic amines) is 1. The lowest BCUT2D eigenvalue weighted by atomic mass is 10.0. The number of carbonyl (C=O) groups excluding carboxylic acids is 2. The standard InChI is InChI=1S/C23H27ClN2O5/c1-15(30-21-9-5-19(27)6-10-21)22(28)25-18-11-13-26(14-12-18)23(29)16(2)31-20-7-3-17(24)4-8-20/h3-10,15-16,18,27H,11-14H2,1-2H3,(H,25,28). The third-order valence-electron chi connectivity index (χ3n) is 5.15. The van der Waals surface area contributed by atoms with Crippen LogP contribution in [0.25, 0.3) is 0 Å². The molecule has 0 aliphatic carbocycles. The summed E-state index contributed by atoms with van der Waals surface area (Å²) >= 11 is 5.87. The zero-order chi connectivity index (χ0) is 22.4. The Labute approximate surface area is 186 Å². The lowest BCUT2D eigenvalue weighted by Crippen LogP contribution is -2.51. The minimum atomic E-state index is -0.669. The Morgan fingerprint density at radius 1 is 0.968 bits per heavy atom. The number of nitrogens with zero attached hydrogens (tertiary/aromatic N) is 1. The van der Waals surface area contributed by atoms with Gasteiger partial charge in [-0.2, -0.15) is 0 Å². The molecule has 0 spiro atoms. The summed E-state index contributed by atoms with van der Waals surface area (Å²) in [5, 5.41) is 12.9. The lowest BCUT2D eigenvalue weighted by Gasteiger charge is -2.34. The number of carbonyl (C=O) groups is 2. The summed E-state index contributed by atoms with van der Waals surface area (Å²) in [6.45, 7) is 4.50. The van der Waals surface area contributed by atoms with Crippen LogP contribution in [0.5, 0.6) is 17.2 Å². The van der Waals surface area contributed by atoms with E-state index in [0.29, 0.717) is 42.5 Å². The molecule has 2 amide bonds. The first-order valence-electron chi connectivity index (χ1n) is 10.3. The van der Waals surface area contributed by atoms with E-state index in [1.54, 1.807) is 55.1 Å². The molecule has 31 heavy (non-hydrogen) atoms. The Bertz CT molecular complexity index is 880. The third-order valence-corrected chi connectivity index (χ3v) is 5.40. The number of rotatable bonds is 7. The van der Waals surface area contributed by atoms with E-state index in [4.69, 9.17) is 21.1 Å². The van der Waals surface area contributed by atoms with Crippen molar-refractivity contribution in [2.24, 2.45) is 0 Å². The van der Waals surface area contributed by atoms with Crippen molar-refractivity contribution in [1.29, 1.82) is 0 Å². The molecule has 0 aromatic heterocycles. The summed E-state index contributed by atoms with van der Waals surface area (Å²) in [5.74, 6) is 0.949. The zero-order valence-corrected chi connectivity index (χ0v) is 18.3. The van der Waals surface area contributed by atoms with Gasteiger partial charge in [-0.25, -0.2) is 0 Å². The Balaban J connectivity index is 1.42. The SMILES string of the molecule is CC(Oc1ccc(O)cc1)C(=O)NC1CCN(C(=O)C(C)Oc2ccc(Cl)cc2)CC1. The minimum Gasteiger partial charge on any atom is -0.508 e. The highest BCUT2D eigenvalue weighted by Gasteiger charge is 2.28. The molecule has 166 valence electrons. The van der Waals surface area contributed by atoms with Gasteiger partial charge in [0.05, 0.1) is 0 Å². The minimum absolute atomic E-state index is 0.0186. The monoisotopic (exact) mass is 446 g/mol. The molecule has 1 fully saturated rings. The summed E-state index contributed by atoms with van der Waals surface area (Å²) < 4.78 is 11.3. The van der Waals surface area contributed by atoms with Crippen LogP contribution in [0.3, 0.4) is 0 Å². The van der Waals surface area contributed by atoms with Gasteiger partial charge in [-0.1, -0.05) is 11.6 Å². The van der Waals surface area contributed by atoms with E-state index < -0.39 is 12.2 Å². The van der Waals surface area contributed by atoms with Gasteiger partial charge >= 0.3 is 0 Å². The molecule has 1 saturated heterocycles. The van der Waals surface area contributed by atoms with Gasteiger partial charge < -0.3 is 24.8 Å². The molecular formula is C23H27ClN2O5. The van der Waals surface area contributed by atoms with Gasteiger partial charge in [0.25, 0.3) is 11.8 Å². The van der Waals surface area contributed by atoms with E-state index in [2.05, 4.69) is 5.32 Å². The highest BCUT2D eigenvalue weighted by atomic mass is 35.5. The molecule has 1 heterocycles. The van der Waals surface area contributed by atoms with Crippen LogP contribution in [0.1, 0.15) is 26.7 Å². The van der Waals surface area contributed by atoms with Crippen molar-refractivity contribution in [2.75, 3.05) is 13.1 Å². The van der Waals surface area contributed by atoms with Crippen molar-refractivity contribution in [3.05, 3.63) is 53.6 Å². The van der Waals surface area contributed by atoms with Gasteiger partial charge in [0.1, 0.15) is 17.2 Å². The molecule has 1 aliphatic heterocycles. The number of ether oxygens (including phenoxy) is 2. The van der Waals surface area contributed by atoms with Gasteiger partial charge in [0.2, 0.25) is 0 Å². The molecule has 3 rings (SSSR count). The summed E-state index contributed by atoms with van der Waals surface area (Å²) in [5.41, 5.74) is 0. The van der Waals surface area contributed by atoms with Crippen LogP contribution in [0.4, 0.5) is 0 Å². The van der Waals surface area contributed by atoms with Crippen LogP contribution in [0.15, 0.2) is 48.5 Å². The summed E-state index contributed by atoms with van der Waals surface area (Å²) in [6, 6.07) is 13.1. The lowest BCUT2D eigenvalue weighted by molar-refractivity contribution is -0.139. The number of hydrogen-bond acceptors (Lipinski definition) is 5. The normalized spacial score (nSPS) is 16.3. The molecule has 1 aliphatic rings. The van der Waals surface area contributed by atoms with Gasteiger partial charge in [0.15, 0.2) is 12.2 Å². The highest BCUT2D eigenvalue weighted by Crippen LogP contribution is 2.20.